The van der Waals surface area contributed by atoms with Gasteiger partial charge in [0, 0.05) is 37.8 Å². The van der Waals surface area contributed by atoms with Crippen LogP contribution in [0.1, 0.15) is 42.5 Å². The number of hydrogen-bond donors (Lipinski definition) is 2. The summed E-state index contributed by atoms with van der Waals surface area (Å²) in [5.41, 5.74) is 2.39. The van der Waals surface area contributed by atoms with E-state index in [1.54, 1.807) is 68.0 Å². The molecule has 1 fully saturated rings. The van der Waals surface area contributed by atoms with Crippen LogP contribution in [0.5, 0.6) is 5.75 Å². The van der Waals surface area contributed by atoms with Crippen molar-refractivity contribution >= 4 is 40.6 Å². The van der Waals surface area contributed by atoms with Crippen molar-refractivity contribution in [3.8, 4) is 5.75 Å². The van der Waals surface area contributed by atoms with Crippen LogP contribution in [0.4, 0.5) is 28.8 Å². The van der Waals surface area contributed by atoms with Crippen LogP contribution in [-0.2, 0) is 4.79 Å². The quantitative estimate of drug-likeness (QED) is 0.537. The van der Waals surface area contributed by atoms with Crippen LogP contribution in [0.2, 0.25) is 0 Å². The Hall–Kier alpha value is -4.21. The number of carbonyl (C=O) groups is 2. The van der Waals surface area contributed by atoms with Gasteiger partial charge < -0.3 is 25.2 Å². The summed E-state index contributed by atoms with van der Waals surface area (Å²) in [4.78, 5) is 42.5. The largest absolute Gasteiger partial charge is 0.495 e. The highest BCUT2D eigenvalue weighted by atomic mass is 16.5. The Balaban J connectivity index is 1.41. The van der Waals surface area contributed by atoms with E-state index in [9.17, 15) is 9.59 Å². The van der Waals surface area contributed by atoms with Gasteiger partial charge in [0.25, 0.3) is 5.91 Å². The van der Waals surface area contributed by atoms with Crippen LogP contribution >= 0.6 is 0 Å². The van der Waals surface area contributed by atoms with Gasteiger partial charge in [0.1, 0.15) is 11.4 Å². The van der Waals surface area contributed by atoms with Crippen LogP contribution in [-0.4, -0.2) is 53.5 Å². The molecule has 0 radical (unpaired) electrons. The van der Waals surface area contributed by atoms with Gasteiger partial charge in [-0.2, -0.15) is 4.98 Å². The molecule has 2 amide bonds. The molecule has 10 heteroatoms. The number of nitrogens with one attached hydrogen (secondary N) is 2. The van der Waals surface area contributed by atoms with Crippen molar-refractivity contribution in [2.75, 3.05) is 41.1 Å². The van der Waals surface area contributed by atoms with E-state index in [1.165, 1.54) is 12.8 Å². The predicted octanol–water partition coefficient (Wildman–Crippen LogP) is 3.99. The number of amides is 2. The zero-order valence-electron chi connectivity index (χ0n) is 20.4. The summed E-state index contributed by atoms with van der Waals surface area (Å²) in [6, 6.07) is 9.03. The fourth-order valence-electron chi connectivity index (χ4n) is 4.77. The molecule has 0 unspecified atom stereocenters. The number of rotatable bonds is 6. The number of fused-ring (bicyclic) bond motifs is 1. The zero-order valence-corrected chi connectivity index (χ0v) is 20.4. The average Bonchev–Trinajstić information content (AvgIpc) is 3.40. The SMILES string of the molecule is COc1cc(C(=O)Nc2cccnc2)ccc1Nc1ncc2c(n1)N(C1CCCC1)CCC(=O)N2C. The smallest absolute Gasteiger partial charge is 0.255 e. The van der Waals surface area contributed by atoms with Crippen LogP contribution < -0.4 is 25.2 Å². The number of benzene rings is 1. The van der Waals surface area contributed by atoms with Crippen LogP contribution in [0, 0.1) is 0 Å². The highest BCUT2D eigenvalue weighted by Crippen LogP contribution is 2.37. The number of methoxy groups -OCH3 is 1. The molecule has 10 nitrogen and oxygen atoms in total. The number of aromatic nitrogens is 3. The minimum atomic E-state index is -0.269. The third kappa shape index (κ3) is 4.79. The lowest BCUT2D eigenvalue weighted by Crippen LogP contribution is -2.34. The minimum Gasteiger partial charge on any atom is -0.495 e. The van der Waals surface area contributed by atoms with Gasteiger partial charge >= 0.3 is 0 Å². The topological polar surface area (TPSA) is 113 Å². The van der Waals surface area contributed by atoms with Crippen molar-refractivity contribution in [2.24, 2.45) is 0 Å². The highest BCUT2D eigenvalue weighted by Gasteiger charge is 2.31. The van der Waals surface area contributed by atoms with Crippen molar-refractivity contribution in [1.82, 2.24) is 15.0 Å². The van der Waals surface area contributed by atoms with Crippen LogP contribution in [0.15, 0.2) is 48.9 Å². The first-order valence-electron chi connectivity index (χ1n) is 12.1. The molecule has 2 aromatic heterocycles. The Kier molecular flexibility index (Phi) is 6.66. The first kappa shape index (κ1) is 23.5. The maximum Gasteiger partial charge on any atom is 0.255 e. The molecular formula is C26H29N7O3. The second-order valence-electron chi connectivity index (χ2n) is 8.97. The maximum atomic E-state index is 12.7. The van der Waals surface area contributed by atoms with Gasteiger partial charge in [-0.3, -0.25) is 14.6 Å². The summed E-state index contributed by atoms with van der Waals surface area (Å²) in [5, 5.41) is 6.05. The number of carbonyl (C=O) groups excluding carboxylic acids is 2. The molecule has 0 atom stereocenters. The molecule has 1 saturated carbocycles. The molecule has 1 aliphatic heterocycles. The van der Waals surface area contributed by atoms with Gasteiger partial charge in [0.2, 0.25) is 11.9 Å². The Labute approximate surface area is 209 Å². The van der Waals surface area contributed by atoms with E-state index >= 15 is 0 Å². The van der Waals surface area contributed by atoms with Crippen molar-refractivity contribution in [3.05, 3.63) is 54.5 Å². The van der Waals surface area contributed by atoms with Gasteiger partial charge in [-0.25, -0.2) is 4.98 Å². The maximum absolute atomic E-state index is 12.7. The van der Waals surface area contributed by atoms with E-state index in [0.29, 0.717) is 53.3 Å². The van der Waals surface area contributed by atoms with Crippen molar-refractivity contribution < 1.29 is 14.3 Å². The van der Waals surface area contributed by atoms with Gasteiger partial charge in [0.05, 0.1) is 30.9 Å². The fourth-order valence-corrected chi connectivity index (χ4v) is 4.77. The molecular weight excluding hydrogens is 458 g/mol. The van der Waals surface area contributed by atoms with Gasteiger partial charge in [0.15, 0.2) is 5.82 Å². The molecule has 186 valence electrons. The molecule has 36 heavy (non-hydrogen) atoms. The van der Waals surface area contributed by atoms with Gasteiger partial charge in [-0.05, 0) is 43.2 Å². The molecule has 1 aliphatic carbocycles. The van der Waals surface area contributed by atoms with E-state index in [0.717, 1.165) is 18.7 Å². The van der Waals surface area contributed by atoms with E-state index in [2.05, 4.69) is 25.5 Å². The first-order valence-corrected chi connectivity index (χ1v) is 12.1. The summed E-state index contributed by atoms with van der Waals surface area (Å²) >= 11 is 0. The third-order valence-electron chi connectivity index (χ3n) is 6.72. The number of nitrogens with zero attached hydrogens (tertiary/aromatic N) is 5. The fraction of sp³-hybridized carbons (Fsp3) is 0.346. The molecule has 1 aromatic carbocycles. The third-order valence-corrected chi connectivity index (χ3v) is 6.72. The van der Waals surface area contributed by atoms with Crippen molar-refractivity contribution in [3.63, 3.8) is 0 Å². The molecule has 2 aliphatic rings. The lowest BCUT2D eigenvalue weighted by molar-refractivity contribution is -0.118. The summed E-state index contributed by atoms with van der Waals surface area (Å²) in [5.74, 6) is 1.42. The number of ether oxygens (including phenoxy) is 1. The lowest BCUT2D eigenvalue weighted by atomic mass is 10.1. The Morgan fingerprint density at radius 3 is 2.75 bits per heavy atom. The van der Waals surface area contributed by atoms with E-state index in [4.69, 9.17) is 9.72 Å². The minimum absolute atomic E-state index is 0.0582. The first-order chi connectivity index (χ1) is 17.5. The Morgan fingerprint density at radius 2 is 2.00 bits per heavy atom. The molecule has 3 aromatic rings. The number of pyridine rings is 1. The second-order valence-corrected chi connectivity index (χ2v) is 8.97. The average molecular weight is 488 g/mol. The molecule has 5 rings (SSSR count). The Morgan fingerprint density at radius 1 is 1.17 bits per heavy atom. The summed E-state index contributed by atoms with van der Waals surface area (Å²) in [7, 11) is 3.32. The second kappa shape index (κ2) is 10.2. The lowest BCUT2D eigenvalue weighted by Gasteiger charge is -2.30. The normalized spacial score (nSPS) is 15.9. The monoisotopic (exact) mass is 487 g/mol. The molecule has 0 bridgehead atoms. The number of anilines is 5. The van der Waals surface area contributed by atoms with E-state index in [-0.39, 0.29) is 11.8 Å². The number of hydrogen-bond acceptors (Lipinski definition) is 8. The molecule has 0 spiro atoms. The Bertz CT molecular complexity index is 1260. The molecule has 0 saturated heterocycles. The van der Waals surface area contributed by atoms with E-state index in [1.807, 2.05) is 0 Å². The van der Waals surface area contributed by atoms with Crippen LogP contribution in [0.3, 0.4) is 0 Å². The van der Waals surface area contributed by atoms with Gasteiger partial charge in [-0.15, -0.1) is 0 Å². The predicted molar refractivity (Wildman–Crippen MR) is 138 cm³/mol. The molecule has 2 N–H and O–H groups in total. The standard InChI is InChI=1S/C26H29N7O3/c1-32-21-16-28-26(31-24(21)33(13-11-23(32)34)19-7-3-4-8-19)30-20-10-9-17(14-22(20)36-2)25(35)29-18-6-5-12-27-15-18/h5-6,9-10,12,14-16,19H,3-4,7-8,11,13H2,1-2H3,(H,29,35)(H,28,30,31). The van der Waals surface area contributed by atoms with Crippen molar-refractivity contribution in [1.29, 1.82) is 0 Å². The highest BCUT2D eigenvalue weighted by molar-refractivity contribution is 6.04. The molecule has 3 heterocycles. The van der Waals surface area contributed by atoms with Crippen molar-refractivity contribution in [2.45, 2.75) is 38.1 Å². The summed E-state index contributed by atoms with van der Waals surface area (Å²) < 4.78 is 5.55. The summed E-state index contributed by atoms with van der Waals surface area (Å²) in [6.45, 7) is 0.640. The summed E-state index contributed by atoms with van der Waals surface area (Å²) in [6.07, 6.45) is 9.94. The zero-order chi connectivity index (χ0) is 25.1. The van der Waals surface area contributed by atoms with E-state index < -0.39 is 0 Å². The van der Waals surface area contributed by atoms with Crippen LogP contribution in [0.25, 0.3) is 0 Å². The van der Waals surface area contributed by atoms with Gasteiger partial charge in [-0.1, -0.05) is 12.8 Å².